The molecule has 0 aromatic heterocycles. The van der Waals surface area contributed by atoms with Crippen LogP contribution in [0.3, 0.4) is 0 Å². The Morgan fingerprint density at radius 2 is 1.76 bits per heavy atom. The summed E-state index contributed by atoms with van der Waals surface area (Å²) < 4.78 is 11.1. The quantitative estimate of drug-likeness (QED) is 0.906. The predicted molar refractivity (Wildman–Crippen MR) is 86.4 cm³/mol. The summed E-state index contributed by atoms with van der Waals surface area (Å²) in [6, 6.07) is 11.0. The number of methoxy groups -OCH3 is 2. The summed E-state index contributed by atoms with van der Waals surface area (Å²) in [5.74, 6) is 0.853. The number of hydrogen-bond donors (Lipinski definition) is 1. The molecule has 0 fully saturated rings. The second kappa shape index (κ2) is 6.63. The molecule has 0 aliphatic rings. The highest BCUT2D eigenvalue weighted by Crippen LogP contribution is 2.36. The number of nitrogens with one attached hydrogen (secondary N) is 1. The minimum absolute atomic E-state index is 0.208. The Kier molecular flexibility index (Phi) is 4.85. The lowest BCUT2D eigenvalue weighted by atomic mass is 10.1. The minimum Gasteiger partial charge on any atom is -0.493 e. The first-order valence-corrected chi connectivity index (χ1v) is 7.14. The Hall–Kier alpha value is -2.01. The van der Waals surface area contributed by atoms with Crippen molar-refractivity contribution in [3.8, 4) is 11.5 Å². The molecule has 21 heavy (non-hydrogen) atoms. The fourth-order valence-corrected chi connectivity index (χ4v) is 2.49. The van der Waals surface area contributed by atoms with E-state index in [2.05, 4.69) is 21.2 Å². The van der Waals surface area contributed by atoms with Gasteiger partial charge in [-0.3, -0.25) is 4.79 Å². The van der Waals surface area contributed by atoms with Gasteiger partial charge in [0.05, 0.1) is 18.7 Å². The normalized spacial score (nSPS) is 10.1. The van der Waals surface area contributed by atoms with Crippen molar-refractivity contribution in [1.82, 2.24) is 0 Å². The van der Waals surface area contributed by atoms with E-state index in [4.69, 9.17) is 9.47 Å². The van der Waals surface area contributed by atoms with Gasteiger partial charge in [0.25, 0.3) is 5.91 Å². The van der Waals surface area contributed by atoms with Gasteiger partial charge in [-0.25, -0.2) is 0 Å². The van der Waals surface area contributed by atoms with E-state index >= 15 is 0 Å². The molecule has 0 aliphatic heterocycles. The Labute approximate surface area is 132 Å². The van der Waals surface area contributed by atoms with Gasteiger partial charge in [0.1, 0.15) is 0 Å². The van der Waals surface area contributed by atoms with Crippen LogP contribution >= 0.6 is 15.9 Å². The van der Waals surface area contributed by atoms with Crippen molar-refractivity contribution in [3.05, 3.63) is 52.0 Å². The van der Waals surface area contributed by atoms with E-state index in [1.54, 1.807) is 19.2 Å². The molecular weight excluding hydrogens is 334 g/mol. The van der Waals surface area contributed by atoms with E-state index < -0.39 is 0 Å². The second-order valence-electron chi connectivity index (χ2n) is 4.51. The summed E-state index contributed by atoms with van der Waals surface area (Å²) in [4.78, 5) is 12.3. The summed E-state index contributed by atoms with van der Waals surface area (Å²) in [5.41, 5.74) is 2.37. The number of ether oxygens (including phenoxy) is 2. The van der Waals surface area contributed by atoms with Gasteiger partial charge in [0.15, 0.2) is 11.5 Å². The Balaban J connectivity index is 2.27. The molecule has 0 heterocycles. The fourth-order valence-electron chi connectivity index (χ4n) is 1.89. The van der Waals surface area contributed by atoms with E-state index in [0.717, 1.165) is 11.3 Å². The lowest BCUT2D eigenvalue weighted by molar-refractivity contribution is 0.102. The first kappa shape index (κ1) is 15.4. The average Bonchev–Trinajstić information content (AvgIpc) is 2.48. The first-order chi connectivity index (χ1) is 10.0. The highest BCUT2D eigenvalue weighted by molar-refractivity contribution is 9.10. The molecule has 2 aromatic carbocycles. The van der Waals surface area contributed by atoms with Crippen molar-refractivity contribution in [3.63, 3.8) is 0 Å². The summed E-state index contributed by atoms with van der Waals surface area (Å²) >= 11 is 3.38. The second-order valence-corrected chi connectivity index (χ2v) is 5.37. The molecule has 0 aliphatic carbocycles. The predicted octanol–water partition coefficient (Wildman–Crippen LogP) is 4.03. The highest BCUT2D eigenvalue weighted by Gasteiger charge is 2.15. The van der Waals surface area contributed by atoms with Crippen molar-refractivity contribution in [2.75, 3.05) is 19.5 Å². The fraction of sp³-hybridized carbons (Fsp3) is 0.188. The third-order valence-electron chi connectivity index (χ3n) is 3.01. The third-order valence-corrected chi connectivity index (χ3v) is 3.59. The smallest absolute Gasteiger partial charge is 0.255 e. The summed E-state index contributed by atoms with van der Waals surface area (Å²) in [7, 11) is 3.08. The Bertz CT molecular complexity index is 653. The van der Waals surface area contributed by atoms with Crippen LogP contribution in [0.25, 0.3) is 0 Å². The molecule has 1 N–H and O–H groups in total. The van der Waals surface area contributed by atoms with Crippen LogP contribution in [-0.4, -0.2) is 20.1 Å². The number of anilines is 1. The van der Waals surface area contributed by atoms with Gasteiger partial charge in [-0.15, -0.1) is 0 Å². The maximum Gasteiger partial charge on any atom is 0.255 e. The SMILES string of the molecule is COc1cc(C(=O)Nc2ccc(C)cc2)cc(Br)c1OC. The number of carbonyl (C=O) groups is 1. The van der Waals surface area contributed by atoms with Gasteiger partial charge in [0, 0.05) is 11.3 Å². The van der Waals surface area contributed by atoms with Crippen LogP contribution in [0.1, 0.15) is 15.9 Å². The molecule has 110 valence electrons. The van der Waals surface area contributed by atoms with Gasteiger partial charge in [-0.05, 0) is 47.1 Å². The maximum absolute atomic E-state index is 12.3. The molecule has 0 unspecified atom stereocenters. The number of aryl methyl sites for hydroxylation is 1. The van der Waals surface area contributed by atoms with E-state index in [0.29, 0.717) is 21.5 Å². The van der Waals surface area contributed by atoms with Crippen molar-refractivity contribution in [1.29, 1.82) is 0 Å². The lowest BCUT2D eigenvalue weighted by Gasteiger charge is -2.12. The molecule has 0 saturated heterocycles. The van der Waals surface area contributed by atoms with Gasteiger partial charge in [0.2, 0.25) is 0 Å². The van der Waals surface area contributed by atoms with Crippen LogP contribution in [0.4, 0.5) is 5.69 Å². The monoisotopic (exact) mass is 349 g/mol. The summed E-state index contributed by atoms with van der Waals surface area (Å²) in [5, 5.41) is 2.85. The van der Waals surface area contributed by atoms with E-state index in [-0.39, 0.29) is 5.91 Å². The molecule has 5 heteroatoms. The molecule has 0 spiro atoms. The molecular formula is C16H16BrNO3. The Morgan fingerprint density at radius 3 is 2.33 bits per heavy atom. The maximum atomic E-state index is 12.3. The standard InChI is InChI=1S/C16H16BrNO3/c1-10-4-6-12(7-5-10)18-16(19)11-8-13(17)15(21-3)14(9-11)20-2/h4-9H,1-3H3,(H,18,19). The zero-order valence-corrected chi connectivity index (χ0v) is 13.7. The number of amides is 1. The van der Waals surface area contributed by atoms with Gasteiger partial charge < -0.3 is 14.8 Å². The number of carbonyl (C=O) groups excluding carboxylic acids is 1. The zero-order valence-electron chi connectivity index (χ0n) is 12.1. The topological polar surface area (TPSA) is 47.6 Å². The number of hydrogen-bond acceptors (Lipinski definition) is 3. The average molecular weight is 350 g/mol. The summed E-state index contributed by atoms with van der Waals surface area (Å²) in [6.45, 7) is 2.00. The molecule has 0 bridgehead atoms. The van der Waals surface area contributed by atoms with E-state index in [1.807, 2.05) is 31.2 Å². The van der Waals surface area contributed by atoms with Crippen LogP contribution in [0.2, 0.25) is 0 Å². The Morgan fingerprint density at radius 1 is 1.10 bits per heavy atom. The minimum atomic E-state index is -0.208. The van der Waals surface area contributed by atoms with Crippen LogP contribution in [0.15, 0.2) is 40.9 Å². The molecule has 2 aromatic rings. The van der Waals surface area contributed by atoms with E-state index in [1.165, 1.54) is 7.11 Å². The molecule has 2 rings (SSSR count). The molecule has 0 radical (unpaired) electrons. The largest absolute Gasteiger partial charge is 0.493 e. The van der Waals surface area contributed by atoms with Crippen LogP contribution in [-0.2, 0) is 0 Å². The van der Waals surface area contributed by atoms with Crippen molar-refractivity contribution in [2.24, 2.45) is 0 Å². The molecule has 0 atom stereocenters. The molecule has 4 nitrogen and oxygen atoms in total. The van der Waals surface area contributed by atoms with Crippen LogP contribution < -0.4 is 14.8 Å². The third kappa shape index (κ3) is 3.55. The van der Waals surface area contributed by atoms with Crippen molar-refractivity contribution < 1.29 is 14.3 Å². The summed E-state index contributed by atoms with van der Waals surface area (Å²) in [6.07, 6.45) is 0. The van der Waals surface area contributed by atoms with E-state index in [9.17, 15) is 4.79 Å². The van der Waals surface area contributed by atoms with Crippen LogP contribution in [0, 0.1) is 6.92 Å². The lowest BCUT2D eigenvalue weighted by Crippen LogP contribution is -2.12. The van der Waals surface area contributed by atoms with Crippen molar-refractivity contribution in [2.45, 2.75) is 6.92 Å². The van der Waals surface area contributed by atoms with Gasteiger partial charge in [-0.2, -0.15) is 0 Å². The van der Waals surface area contributed by atoms with Crippen LogP contribution in [0.5, 0.6) is 11.5 Å². The highest BCUT2D eigenvalue weighted by atomic mass is 79.9. The van der Waals surface area contributed by atoms with Gasteiger partial charge in [-0.1, -0.05) is 17.7 Å². The number of benzene rings is 2. The number of halogens is 1. The van der Waals surface area contributed by atoms with Crippen molar-refractivity contribution >= 4 is 27.5 Å². The van der Waals surface area contributed by atoms with Gasteiger partial charge >= 0.3 is 0 Å². The zero-order chi connectivity index (χ0) is 15.4. The molecule has 1 amide bonds. The number of rotatable bonds is 4. The molecule has 0 saturated carbocycles. The first-order valence-electron chi connectivity index (χ1n) is 6.34.